The number of hydrogen-bond donors (Lipinski definition) is 2. The number of nitrogens with one attached hydrogen (secondary N) is 2. The third-order valence-corrected chi connectivity index (χ3v) is 4.30. The molecule has 0 bridgehead atoms. The summed E-state index contributed by atoms with van der Waals surface area (Å²) >= 11 is 1.48. The van der Waals surface area contributed by atoms with Crippen molar-refractivity contribution in [3.63, 3.8) is 0 Å². The molecule has 124 valence electrons. The highest BCUT2D eigenvalue weighted by Gasteiger charge is 2.09. The lowest BCUT2D eigenvalue weighted by Crippen LogP contribution is -2.26. The molecule has 0 radical (unpaired) electrons. The summed E-state index contributed by atoms with van der Waals surface area (Å²) in [5.41, 5.74) is 1.99. The molecule has 0 saturated heterocycles. The molecule has 2 rings (SSSR count). The van der Waals surface area contributed by atoms with Gasteiger partial charge in [0.25, 0.3) is 0 Å². The summed E-state index contributed by atoms with van der Waals surface area (Å²) in [6, 6.07) is 0. The fourth-order valence-corrected chi connectivity index (χ4v) is 2.83. The van der Waals surface area contributed by atoms with E-state index in [4.69, 9.17) is 0 Å². The molecule has 0 unspecified atom stereocenters. The van der Waals surface area contributed by atoms with Crippen molar-refractivity contribution in [3.8, 4) is 0 Å². The largest absolute Gasteiger partial charge is 0.355 e. The van der Waals surface area contributed by atoms with Gasteiger partial charge in [0, 0.05) is 37.2 Å². The van der Waals surface area contributed by atoms with Crippen molar-refractivity contribution in [2.45, 2.75) is 31.8 Å². The zero-order valence-corrected chi connectivity index (χ0v) is 14.1. The Kier molecular flexibility index (Phi) is 5.85. The second-order valence-corrected chi connectivity index (χ2v) is 6.08. The normalized spacial score (nSPS) is 10.7. The fraction of sp³-hybridized carbons (Fsp3) is 0.538. The number of tetrazole rings is 1. The summed E-state index contributed by atoms with van der Waals surface area (Å²) in [6.07, 6.45) is 0.902. The first-order chi connectivity index (χ1) is 11.0. The molecule has 0 saturated carbocycles. The van der Waals surface area contributed by atoms with Crippen LogP contribution in [-0.4, -0.2) is 48.4 Å². The quantitative estimate of drug-likeness (QED) is 0.528. The number of hydrogen-bond acceptors (Lipinski definition) is 7. The lowest BCUT2D eigenvalue weighted by atomic mass is 10.1. The summed E-state index contributed by atoms with van der Waals surface area (Å²) in [7, 11) is 1.77. The highest BCUT2D eigenvalue weighted by molar-refractivity contribution is 7.99. The average Bonchev–Trinajstić information content (AvgIpc) is 2.88. The van der Waals surface area contributed by atoms with E-state index in [-0.39, 0.29) is 11.6 Å². The van der Waals surface area contributed by atoms with Gasteiger partial charge in [-0.1, -0.05) is 11.8 Å². The van der Waals surface area contributed by atoms with Crippen molar-refractivity contribution in [3.05, 3.63) is 27.4 Å². The standard InChI is InChI=1S/C13H19N7O2S/c1-8-10(9(2)16-12(22)15-8)4-5-11(21)14-6-7-23-13-17-18-19-20(13)3/h4-7H2,1-3H3,(H,14,21)(H,15,16,22). The van der Waals surface area contributed by atoms with E-state index in [2.05, 4.69) is 30.8 Å². The minimum atomic E-state index is -0.358. The number of carbonyl (C=O) groups is 1. The van der Waals surface area contributed by atoms with Gasteiger partial charge in [-0.25, -0.2) is 9.48 Å². The van der Waals surface area contributed by atoms with E-state index in [1.165, 1.54) is 11.8 Å². The SMILES string of the molecule is Cc1nc(=O)[nH]c(C)c1CCC(=O)NCCSc1nnnn1C. The Balaban J connectivity index is 1.73. The molecule has 1 amide bonds. The van der Waals surface area contributed by atoms with Crippen LogP contribution in [-0.2, 0) is 18.3 Å². The monoisotopic (exact) mass is 337 g/mol. The number of aromatic amines is 1. The molecule has 0 fully saturated rings. The van der Waals surface area contributed by atoms with Crippen LogP contribution in [0.15, 0.2) is 9.95 Å². The smallest absolute Gasteiger partial charge is 0.345 e. The first kappa shape index (κ1) is 17.1. The Morgan fingerprint density at radius 1 is 1.39 bits per heavy atom. The third-order valence-electron chi connectivity index (χ3n) is 3.29. The number of nitrogens with zero attached hydrogens (tertiary/aromatic N) is 5. The Bertz CT molecular complexity index is 714. The molecule has 2 heterocycles. The van der Waals surface area contributed by atoms with Gasteiger partial charge in [-0.3, -0.25) is 4.79 Å². The molecule has 0 aliphatic heterocycles. The Morgan fingerprint density at radius 2 is 2.17 bits per heavy atom. The average molecular weight is 337 g/mol. The molecule has 2 N–H and O–H groups in total. The number of amides is 1. The molecule has 9 nitrogen and oxygen atoms in total. The first-order valence-electron chi connectivity index (χ1n) is 7.15. The van der Waals surface area contributed by atoms with Gasteiger partial charge in [-0.2, -0.15) is 4.98 Å². The van der Waals surface area contributed by atoms with E-state index in [1.54, 1.807) is 18.7 Å². The summed E-state index contributed by atoms with van der Waals surface area (Å²) in [5.74, 6) is 0.657. The first-order valence-corrected chi connectivity index (χ1v) is 8.14. The number of carbonyl (C=O) groups excluding carboxylic acids is 1. The lowest BCUT2D eigenvalue weighted by molar-refractivity contribution is -0.120. The van der Waals surface area contributed by atoms with Crippen LogP contribution in [0.2, 0.25) is 0 Å². The summed E-state index contributed by atoms with van der Waals surface area (Å²) in [6.45, 7) is 4.13. The van der Waals surface area contributed by atoms with Crippen LogP contribution in [0, 0.1) is 13.8 Å². The molecule has 0 aliphatic carbocycles. The van der Waals surface area contributed by atoms with Crippen LogP contribution in [0.3, 0.4) is 0 Å². The van der Waals surface area contributed by atoms with Gasteiger partial charge in [-0.05, 0) is 36.3 Å². The number of aryl methyl sites for hydroxylation is 3. The third kappa shape index (κ3) is 4.88. The van der Waals surface area contributed by atoms with Crippen molar-refractivity contribution in [2.24, 2.45) is 7.05 Å². The number of thioether (sulfide) groups is 1. The molecule has 0 atom stereocenters. The number of rotatable bonds is 7. The van der Waals surface area contributed by atoms with Crippen molar-refractivity contribution < 1.29 is 4.79 Å². The van der Waals surface area contributed by atoms with Crippen LogP contribution in [0.1, 0.15) is 23.4 Å². The maximum Gasteiger partial charge on any atom is 0.345 e. The van der Waals surface area contributed by atoms with E-state index in [0.717, 1.165) is 11.3 Å². The predicted molar refractivity (Wildman–Crippen MR) is 85.2 cm³/mol. The van der Waals surface area contributed by atoms with Crippen LogP contribution in [0.4, 0.5) is 0 Å². The molecule has 2 aromatic rings. The second kappa shape index (κ2) is 7.86. The van der Waals surface area contributed by atoms with Crippen LogP contribution in [0.5, 0.6) is 0 Å². The van der Waals surface area contributed by atoms with Crippen molar-refractivity contribution in [2.75, 3.05) is 12.3 Å². The molecule has 10 heteroatoms. The van der Waals surface area contributed by atoms with Crippen LogP contribution < -0.4 is 11.0 Å². The van der Waals surface area contributed by atoms with Crippen molar-refractivity contribution >= 4 is 17.7 Å². The summed E-state index contributed by atoms with van der Waals surface area (Å²) in [5, 5.41) is 14.7. The minimum absolute atomic E-state index is 0.0355. The molecule has 0 aromatic carbocycles. The second-order valence-electron chi connectivity index (χ2n) is 5.01. The molecular formula is C13H19N7O2S. The van der Waals surface area contributed by atoms with Crippen molar-refractivity contribution in [1.82, 2.24) is 35.5 Å². The topological polar surface area (TPSA) is 118 Å². The van der Waals surface area contributed by atoms with E-state index < -0.39 is 0 Å². The Morgan fingerprint density at radius 3 is 2.83 bits per heavy atom. The zero-order valence-electron chi connectivity index (χ0n) is 13.3. The number of aromatic nitrogens is 6. The van der Waals surface area contributed by atoms with Gasteiger partial charge < -0.3 is 10.3 Å². The summed E-state index contributed by atoms with van der Waals surface area (Å²) < 4.78 is 1.58. The zero-order chi connectivity index (χ0) is 16.8. The summed E-state index contributed by atoms with van der Waals surface area (Å²) in [4.78, 5) is 29.6. The van der Waals surface area contributed by atoms with Gasteiger partial charge >= 0.3 is 5.69 Å². The number of H-pyrrole nitrogens is 1. The van der Waals surface area contributed by atoms with Crippen molar-refractivity contribution in [1.29, 1.82) is 0 Å². The predicted octanol–water partition coefficient (Wildman–Crippen LogP) is -0.249. The van der Waals surface area contributed by atoms with Gasteiger partial charge in [0.05, 0.1) is 0 Å². The van der Waals surface area contributed by atoms with E-state index >= 15 is 0 Å². The molecule has 0 aliphatic rings. The maximum absolute atomic E-state index is 11.9. The van der Waals surface area contributed by atoms with E-state index in [9.17, 15) is 9.59 Å². The molecule has 23 heavy (non-hydrogen) atoms. The van der Waals surface area contributed by atoms with Gasteiger partial charge in [0.1, 0.15) is 0 Å². The van der Waals surface area contributed by atoms with E-state index in [0.29, 0.717) is 36.0 Å². The van der Waals surface area contributed by atoms with Gasteiger partial charge in [0.15, 0.2) is 0 Å². The maximum atomic E-state index is 11.9. The molecular weight excluding hydrogens is 318 g/mol. The highest BCUT2D eigenvalue weighted by atomic mass is 32.2. The molecule has 2 aromatic heterocycles. The minimum Gasteiger partial charge on any atom is -0.355 e. The fourth-order valence-electron chi connectivity index (χ4n) is 2.13. The molecule has 0 spiro atoms. The van der Waals surface area contributed by atoms with Crippen LogP contribution in [0.25, 0.3) is 0 Å². The lowest BCUT2D eigenvalue weighted by Gasteiger charge is -2.08. The Hall–Kier alpha value is -2.23. The van der Waals surface area contributed by atoms with Crippen LogP contribution >= 0.6 is 11.8 Å². The Labute approximate surface area is 137 Å². The van der Waals surface area contributed by atoms with Gasteiger partial charge in [-0.15, -0.1) is 5.10 Å². The highest BCUT2D eigenvalue weighted by Crippen LogP contribution is 2.11. The van der Waals surface area contributed by atoms with E-state index in [1.807, 2.05) is 6.92 Å². The van der Waals surface area contributed by atoms with Gasteiger partial charge in [0.2, 0.25) is 11.1 Å².